The molecule has 0 unspecified atom stereocenters. The molecule has 0 saturated carbocycles. The summed E-state index contributed by atoms with van der Waals surface area (Å²) in [6.45, 7) is 2.10. The van der Waals surface area contributed by atoms with Crippen molar-refractivity contribution >= 4 is 27.0 Å². The van der Waals surface area contributed by atoms with Crippen LogP contribution in [0.15, 0.2) is 34.5 Å². The normalized spacial score (nSPS) is 11.6. The molecule has 2 N–H and O–H groups in total. The van der Waals surface area contributed by atoms with Gasteiger partial charge < -0.3 is 5.32 Å². The Morgan fingerprint density at radius 1 is 1.30 bits per heavy atom. The Labute approximate surface area is 121 Å². The lowest BCUT2D eigenvalue weighted by molar-refractivity contribution is 0.597. The van der Waals surface area contributed by atoms with Crippen LogP contribution in [0.4, 0.5) is 10.1 Å². The van der Waals surface area contributed by atoms with Crippen molar-refractivity contribution in [3.8, 4) is 0 Å². The van der Waals surface area contributed by atoms with Crippen LogP contribution in [0.5, 0.6) is 0 Å². The Balaban J connectivity index is 2.39. The predicted octanol–water partition coefficient (Wildman–Crippen LogP) is 2.72. The second-order valence-electron chi connectivity index (χ2n) is 4.28. The molecule has 2 rings (SSSR count). The van der Waals surface area contributed by atoms with Gasteiger partial charge in [-0.15, -0.1) is 11.3 Å². The number of nitrogens with one attached hydrogen (secondary N) is 2. The number of thiophene rings is 1. The monoisotopic (exact) mass is 314 g/mol. The molecular formula is C13H15FN2O2S2. The Morgan fingerprint density at radius 3 is 2.70 bits per heavy atom. The zero-order valence-electron chi connectivity index (χ0n) is 11.1. The highest BCUT2D eigenvalue weighted by atomic mass is 32.2. The van der Waals surface area contributed by atoms with E-state index in [1.165, 1.54) is 23.5 Å². The zero-order chi connectivity index (χ0) is 14.8. The number of rotatable bonds is 5. The second-order valence-corrected chi connectivity index (χ2v) is 6.93. The van der Waals surface area contributed by atoms with Gasteiger partial charge in [0, 0.05) is 11.4 Å². The molecule has 0 atom stereocenters. The van der Waals surface area contributed by atoms with Gasteiger partial charge in [-0.3, -0.25) is 4.72 Å². The van der Waals surface area contributed by atoms with Gasteiger partial charge in [-0.1, -0.05) is 12.1 Å². The fourth-order valence-electron chi connectivity index (χ4n) is 1.81. The number of para-hydroxylation sites is 1. The highest BCUT2D eigenvalue weighted by molar-refractivity contribution is 7.93. The molecule has 1 aromatic heterocycles. The van der Waals surface area contributed by atoms with E-state index in [0.717, 1.165) is 0 Å². The van der Waals surface area contributed by atoms with Crippen molar-refractivity contribution in [1.82, 2.24) is 5.32 Å². The van der Waals surface area contributed by atoms with Crippen molar-refractivity contribution in [1.29, 1.82) is 0 Å². The number of halogens is 1. The lowest BCUT2D eigenvalue weighted by Gasteiger charge is -2.11. The molecule has 2 aromatic rings. The first-order valence-corrected chi connectivity index (χ1v) is 8.31. The molecule has 0 fully saturated rings. The van der Waals surface area contributed by atoms with Gasteiger partial charge in [0.1, 0.15) is 10.7 Å². The van der Waals surface area contributed by atoms with E-state index in [0.29, 0.717) is 17.0 Å². The number of aryl methyl sites for hydroxylation is 1. The van der Waals surface area contributed by atoms with Crippen molar-refractivity contribution in [2.24, 2.45) is 0 Å². The number of anilines is 1. The average Bonchev–Trinajstić information content (AvgIpc) is 2.84. The third-order valence-corrected chi connectivity index (χ3v) is 5.27. The number of hydrogen-bond donors (Lipinski definition) is 2. The van der Waals surface area contributed by atoms with Gasteiger partial charge in [0.05, 0.1) is 5.69 Å². The highest BCUT2D eigenvalue weighted by Gasteiger charge is 2.21. The van der Waals surface area contributed by atoms with E-state index in [1.807, 2.05) is 0 Å². The minimum Gasteiger partial charge on any atom is -0.315 e. The number of hydrogen-bond acceptors (Lipinski definition) is 4. The second kappa shape index (κ2) is 5.90. The van der Waals surface area contributed by atoms with Crippen LogP contribution in [-0.4, -0.2) is 15.5 Å². The van der Waals surface area contributed by atoms with Gasteiger partial charge in [-0.2, -0.15) is 0 Å². The molecule has 0 bridgehead atoms. The minimum absolute atomic E-state index is 0.00546. The predicted molar refractivity (Wildman–Crippen MR) is 79.0 cm³/mol. The van der Waals surface area contributed by atoms with Gasteiger partial charge in [0.2, 0.25) is 0 Å². The molecule has 0 aliphatic heterocycles. The van der Waals surface area contributed by atoms with E-state index < -0.39 is 15.8 Å². The molecule has 0 radical (unpaired) electrons. The Bertz CT molecular complexity index is 691. The third kappa shape index (κ3) is 3.00. The standard InChI is InChI=1S/C13H15FN2O2S2/c1-9-4-3-5-10(14)13(9)16-20(17,18)12-6-7-19-11(12)8-15-2/h3-7,15-16H,8H2,1-2H3. The zero-order valence-corrected chi connectivity index (χ0v) is 12.7. The van der Waals surface area contributed by atoms with Gasteiger partial charge in [-0.05, 0) is 37.0 Å². The molecule has 0 spiro atoms. The average molecular weight is 314 g/mol. The smallest absolute Gasteiger partial charge is 0.263 e. The molecule has 4 nitrogen and oxygen atoms in total. The maximum atomic E-state index is 13.7. The number of benzene rings is 1. The molecule has 0 amide bonds. The highest BCUT2D eigenvalue weighted by Crippen LogP contribution is 2.27. The Kier molecular flexibility index (Phi) is 4.42. The van der Waals surface area contributed by atoms with Crippen LogP contribution in [0.3, 0.4) is 0 Å². The van der Waals surface area contributed by atoms with Crippen molar-refractivity contribution in [2.75, 3.05) is 11.8 Å². The van der Waals surface area contributed by atoms with Gasteiger partial charge in [0.15, 0.2) is 0 Å². The molecule has 20 heavy (non-hydrogen) atoms. The fourth-order valence-corrected chi connectivity index (χ4v) is 4.40. The topological polar surface area (TPSA) is 58.2 Å². The van der Waals surface area contributed by atoms with E-state index in [2.05, 4.69) is 10.0 Å². The fraction of sp³-hybridized carbons (Fsp3) is 0.231. The maximum absolute atomic E-state index is 13.7. The molecule has 0 saturated heterocycles. The summed E-state index contributed by atoms with van der Waals surface area (Å²) in [5.41, 5.74) is 0.535. The Morgan fingerprint density at radius 2 is 2.05 bits per heavy atom. The summed E-state index contributed by atoms with van der Waals surface area (Å²) in [5.74, 6) is -0.584. The Hall–Kier alpha value is -1.44. The van der Waals surface area contributed by atoms with Crippen LogP contribution in [0.1, 0.15) is 10.4 Å². The van der Waals surface area contributed by atoms with Gasteiger partial charge >= 0.3 is 0 Å². The van der Waals surface area contributed by atoms with Crippen LogP contribution in [0.25, 0.3) is 0 Å². The van der Waals surface area contributed by atoms with Crippen molar-refractivity contribution < 1.29 is 12.8 Å². The van der Waals surface area contributed by atoms with Crippen LogP contribution in [0.2, 0.25) is 0 Å². The van der Waals surface area contributed by atoms with Crippen molar-refractivity contribution in [2.45, 2.75) is 18.4 Å². The lowest BCUT2D eigenvalue weighted by atomic mass is 10.2. The quantitative estimate of drug-likeness (QED) is 0.892. The molecule has 108 valence electrons. The van der Waals surface area contributed by atoms with Gasteiger partial charge in [-0.25, -0.2) is 12.8 Å². The largest absolute Gasteiger partial charge is 0.315 e. The summed E-state index contributed by atoms with van der Waals surface area (Å²) in [5, 5.41) is 4.62. The van der Waals surface area contributed by atoms with Crippen LogP contribution < -0.4 is 10.0 Å². The molecule has 7 heteroatoms. The summed E-state index contributed by atoms with van der Waals surface area (Å²) >= 11 is 1.34. The van der Waals surface area contributed by atoms with Crippen molar-refractivity contribution in [3.05, 3.63) is 45.9 Å². The minimum atomic E-state index is -3.79. The van der Waals surface area contributed by atoms with E-state index >= 15 is 0 Å². The van der Waals surface area contributed by atoms with Crippen molar-refractivity contribution in [3.63, 3.8) is 0 Å². The lowest BCUT2D eigenvalue weighted by Crippen LogP contribution is -2.17. The molecular weight excluding hydrogens is 299 g/mol. The summed E-state index contributed by atoms with van der Waals surface area (Å²) in [6.07, 6.45) is 0. The summed E-state index contributed by atoms with van der Waals surface area (Å²) in [6, 6.07) is 5.95. The van der Waals surface area contributed by atoms with E-state index in [1.54, 1.807) is 31.5 Å². The van der Waals surface area contributed by atoms with E-state index in [9.17, 15) is 12.8 Å². The third-order valence-electron chi connectivity index (χ3n) is 2.79. The summed E-state index contributed by atoms with van der Waals surface area (Å²) in [7, 11) is -2.05. The molecule has 1 heterocycles. The van der Waals surface area contributed by atoms with Crippen LogP contribution >= 0.6 is 11.3 Å². The SMILES string of the molecule is CNCc1sccc1S(=O)(=O)Nc1c(C)cccc1F. The van der Waals surface area contributed by atoms with Gasteiger partial charge in [0.25, 0.3) is 10.0 Å². The van der Waals surface area contributed by atoms with Crippen LogP contribution in [-0.2, 0) is 16.6 Å². The summed E-state index contributed by atoms with van der Waals surface area (Å²) in [4.78, 5) is 0.869. The van der Waals surface area contributed by atoms with Crippen LogP contribution in [0, 0.1) is 12.7 Å². The molecule has 0 aliphatic carbocycles. The van der Waals surface area contributed by atoms with E-state index in [4.69, 9.17) is 0 Å². The molecule has 0 aliphatic rings. The number of sulfonamides is 1. The molecule has 1 aromatic carbocycles. The maximum Gasteiger partial charge on any atom is 0.263 e. The first-order valence-electron chi connectivity index (χ1n) is 5.94. The summed E-state index contributed by atoms with van der Waals surface area (Å²) < 4.78 is 40.8. The first-order chi connectivity index (χ1) is 9.45. The first kappa shape index (κ1) is 15.0. The van der Waals surface area contributed by atoms with E-state index in [-0.39, 0.29) is 10.6 Å².